The zero-order valence-electron chi connectivity index (χ0n) is 14.5. The first kappa shape index (κ1) is 17.5. The second-order valence-corrected chi connectivity index (χ2v) is 5.85. The maximum absolute atomic E-state index is 12.3. The zero-order valence-corrected chi connectivity index (χ0v) is 14.5. The molecular weight excluding hydrogens is 332 g/mol. The lowest BCUT2D eigenvalue weighted by atomic mass is 10.2. The largest absolute Gasteiger partial charge is 0.497 e. The van der Waals surface area contributed by atoms with Gasteiger partial charge in [-0.25, -0.2) is 4.98 Å². The topological polar surface area (TPSA) is 89.9 Å². The SMILES string of the molecule is COc1ccc(N(CCC(N)=O)Cc2cc(=O)n3ccccc3n2)cc1. The number of nitrogens with two attached hydrogens (primary N) is 1. The highest BCUT2D eigenvalue weighted by molar-refractivity contribution is 5.74. The summed E-state index contributed by atoms with van der Waals surface area (Å²) < 4.78 is 6.67. The van der Waals surface area contributed by atoms with Crippen molar-refractivity contribution in [1.29, 1.82) is 0 Å². The average Bonchev–Trinajstić information content (AvgIpc) is 2.65. The summed E-state index contributed by atoms with van der Waals surface area (Å²) in [6, 6.07) is 14.4. The molecule has 2 heterocycles. The van der Waals surface area contributed by atoms with Gasteiger partial charge in [0.1, 0.15) is 11.4 Å². The van der Waals surface area contributed by atoms with Crippen molar-refractivity contribution < 1.29 is 9.53 Å². The molecule has 1 aromatic carbocycles. The number of pyridine rings is 1. The number of methoxy groups -OCH3 is 1. The van der Waals surface area contributed by atoms with Crippen molar-refractivity contribution in [3.05, 3.63) is 70.8 Å². The number of aromatic nitrogens is 2. The summed E-state index contributed by atoms with van der Waals surface area (Å²) in [6.45, 7) is 0.817. The van der Waals surface area contributed by atoms with Crippen LogP contribution in [0.5, 0.6) is 5.75 Å². The van der Waals surface area contributed by atoms with Crippen molar-refractivity contribution in [1.82, 2.24) is 9.38 Å². The fourth-order valence-corrected chi connectivity index (χ4v) is 2.72. The first-order valence-corrected chi connectivity index (χ1v) is 8.21. The van der Waals surface area contributed by atoms with Crippen molar-refractivity contribution in [3.8, 4) is 5.75 Å². The summed E-state index contributed by atoms with van der Waals surface area (Å²) in [5.74, 6) is 0.362. The Morgan fingerprint density at radius 2 is 2.00 bits per heavy atom. The van der Waals surface area contributed by atoms with Crippen molar-refractivity contribution >= 4 is 17.2 Å². The highest BCUT2D eigenvalue weighted by atomic mass is 16.5. The molecule has 0 aliphatic heterocycles. The predicted molar refractivity (Wildman–Crippen MR) is 99.3 cm³/mol. The van der Waals surface area contributed by atoms with Crippen molar-refractivity contribution in [2.45, 2.75) is 13.0 Å². The zero-order chi connectivity index (χ0) is 18.5. The Labute approximate surface area is 150 Å². The Morgan fingerprint density at radius 1 is 1.23 bits per heavy atom. The van der Waals surface area contributed by atoms with E-state index in [0.29, 0.717) is 24.4 Å². The highest BCUT2D eigenvalue weighted by Gasteiger charge is 2.12. The quantitative estimate of drug-likeness (QED) is 0.697. The third-order valence-corrected chi connectivity index (χ3v) is 4.04. The van der Waals surface area contributed by atoms with Gasteiger partial charge in [0.05, 0.1) is 19.3 Å². The molecule has 0 spiro atoms. The van der Waals surface area contributed by atoms with E-state index in [2.05, 4.69) is 4.98 Å². The number of primary amides is 1. The Hall–Kier alpha value is -3.35. The summed E-state index contributed by atoms with van der Waals surface area (Å²) in [5.41, 5.74) is 7.26. The number of carbonyl (C=O) groups is 1. The molecule has 0 saturated heterocycles. The molecule has 1 amide bonds. The number of anilines is 1. The van der Waals surface area contributed by atoms with E-state index >= 15 is 0 Å². The number of amides is 1. The Morgan fingerprint density at radius 3 is 2.69 bits per heavy atom. The van der Waals surface area contributed by atoms with Crippen LogP contribution in [0.1, 0.15) is 12.1 Å². The standard InChI is InChI=1S/C19H20N4O3/c1-26-16-7-5-15(6-8-16)22(11-9-17(20)24)13-14-12-19(25)23-10-3-2-4-18(23)21-14/h2-8,10,12H,9,11,13H2,1H3,(H2,20,24). The number of nitrogens with zero attached hydrogens (tertiary/aromatic N) is 3. The summed E-state index contributed by atoms with van der Waals surface area (Å²) >= 11 is 0. The predicted octanol–water partition coefficient (Wildman–Crippen LogP) is 1.59. The van der Waals surface area contributed by atoms with Crippen LogP contribution in [0, 0.1) is 0 Å². The number of carbonyl (C=O) groups excluding carboxylic acids is 1. The van der Waals surface area contributed by atoms with E-state index in [1.54, 1.807) is 25.4 Å². The van der Waals surface area contributed by atoms with Crippen LogP contribution in [0.15, 0.2) is 59.5 Å². The average molecular weight is 352 g/mol. The van der Waals surface area contributed by atoms with E-state index in [0.717, 1.165) is 11.4 Å². The molecule has 0 saturated carbocycles. The van der Waals surface area contributed by atoms with Gasteiger partial charge < -0.3 is 15.4 Å². The summed E-state index contributed by atoms with van der Waals surface area (Å²) in [5, 5.41) is 0. The van der Waals surface area contributed by atoms with Gasteiger partial charge in [-0.05, 0) is 36.4 Å². The van der Waals surface area contributed by atoms with E-state index in [-0.39, 0.29) is 17.9 Å². The van der Waals surface area contributed by atoms with Crippen LogP contribution in [-0.2, 0) is 11.3 Å². The summed E-state index contributed by atoms with van der Waals surface area (Å²) in [7, 11) is 1.60. The molecule has 3 aromatic rings. The molecule has 134 valence electrons. The molecule has 0 fully saturated rings. The molecule has 0 aliphatic carbocycles. The van der Waals surface area contributed by atoms with Gasteiger partial charge >= 0.3 is 0 Å². The first-order chi connectivity index (χ1) is 12.6. The van der Waals surface area contributed by atoms with Crippen molar-refractivity contribution in [2.75, 3.05) is 18.6 Å². The third-order valence-electron chi connectivity index (χ3n) is 4.04. The van der Waals surface area contributed by atoms with Crippen molar-refractivity contribution in [3.63, 3.8) is 0 Å². The van der Waals surface area contributed by atoms with Crippen LogP contribution in [-0.4, -0.2) is 28.9 Å². The van der Waals surface area contributed by atoms with Gasteiger partial charge in [0.2, 0.25) is 5.91 Å². The molecule has 0 radical (unpaired) electrons. The smallest absolute Gasteiger partial charge is 0.258 e. The van der Waals surface area contributed by atoms with E-state index in [1.165, 1.54) is 10.5 Å². The normalized spacial score (nSPS) is 10.7. The maximum Gasteiger partial charge on any atom is 0.258 e. The third kappa shape index (κ3) is 4.00. The fraction of sp³-hybridized carbons (Fsp3) is 0.211. The highest BCUT2D eigenvalue weighted by Crippen LogP contribution is 2.21. The van der Waals surface area contributed by atoms with Crippen LogP contribution in [0.3, 0.4) is 0 Å². The van der Waals surface area contributed by atoms with Gasteiger partial charge in [-0.3, -0.25) is 14.0 Å². The molecule has 0 aliphatic rings. The molecule has 7 heteroatoms. The van der Waals surface area contributed by atoms with E-state index in [4.69, 9.17) is 10.5 Å². The van der Waals surface area contributed by atoms with Gasteiger partial charge in [-0.2, -0.15) is 0 Å². The minimum atomic E-state index is -0.380. The fourth-order valence-electron chi connectivity index (χ4n) is 2.72. The van der Waals surface area contributed by atoms with Crippen LogP contribution in [0.2, 0.25) is 0 Å². The molecule has 2 N–H and O–H groups in total. The number of hydrogen-bond acceptors (Lipinski definition) is 5. The number of fused-ring (bicyclic) bond motifs is 1. The van der Waals surface area contributed by atoms with Crippen LogP contribution < -0.4 is 20.9 Å². The Kier molecular flexibility index (Phi) is 5.17. The summed E-state index contributed by atoms with van der Waals surface area (Å²) in [6.07, 6.45) is 1.89. The lowest BCUT2D eigenvalue weighted by molar-refractivity contribution is -0.117. The molecular formula is C19H20N4O3. The first-order valence-electron chi connectivity index (χ1n) is 8.21. The van der Waals surface area contributed by atoms with E-state index in [1.807, 2.05) is 35.2 Å². The lowest BCUT2D eigenvalue weighted by Crippen LogP contribution is -2.29. The van der Waals surface area contributed by atoms with Crippen LogP contribution in [0.4, 0.5) is 5.69 Å². The molecule has 26 heavy (non-hydrogen) atoms. The molecule has 7 nitrogen and oxygen atoms in total. The Balaban J connectivity index is 1.91. The maximum atomic E-state index is 12.3. The van der Waals surface area contributed by atoms with Crippen molar-refractivity contribution in [2.24, 2.45) is 5.73 Å². The summed E-state index contributed by atoms with van der Waals surface area (Å²) in [4.78, 5) is 30.0. The molecule has 0 unspecified atom stereocenters. The van der Waals surface area contributed by atoms with Gasteiger partial charge in [0.25, 0.3) is 5.56 Å². The van der Waals surface area contributed by atoms with Gasteiger partial charge in [0.15, 0.2) is 0 Å². The van der Waals surface area contributed by atoms with Gasteiger partial charge in [0, 0.05) is 30.9 Å². The Bertz CT molecular complexity index is 966. The molecule has 0 atom stereocenters. The van der Waals surface area contributed by atoms with Gasteiger partial charge in [-0.15, -0.1) is 0 Å². The monoisotopic (exact) mass is 352 g/mol. The number of benzene rings is 1. The number of hydrogen-bond donors (Lipinski definition) is 1. The molecule has 3 rings (SSSR count). The number of rotatable bonds is 7. The second-order valence-electron chi connectivity index (χ2n) is 5.85. The molecule has 0 bridgehead atoms. The van der Waals surface area contributed by atoms with E-state index in [9.17, 15) is 9.59 Å². The van der Waals surface area contributed by atoms with E-state index < -0.39 is 0 Å². The van der Waals surface area contributed by atoms with Crippen LogP contribution in [0.25, 0.3) is 5.65 Å². The van der Waals surface area contributed by atoms with Gasteiger partial charge in [-0.1, -0.05) is 6.07 Å². The molecule has 2 aromatic heterocycles. The minimum absolute atomic E-state index is 0.143. The second kappa shape index (κ2) is 7.69. The lowest BCUT2D eigenvalue weighted by Gasteiger charge is -2.24. The van der Waals surface area contributed by atoms with Crippen LogP contribution >= 0.6 is 0 Å². The number of ether oxygens (including phenoxy) is 1. The minimum Gasteiger partial charge on any atom is -0.497 e.